The molecule has 0 atom stereocenters. The van der Waals surface area contributed by atoms with E-state index in [9.17, 15) is 9.59 Å². The Morgan fingerprint density at radius 1 is 0.690 bits per heavy atom. The van der Waals surface area contributed by atoms with Crippen molar-refractivity contribution < 1.29 is 19.1 Å². The third-order valence-electron chi connectivity index (χ3n) is 7.61. The molecule has 4 aromatic heterocycles. The second kappa shape index (κ2) is 11.6. The Bertz CT molecular complexity index is 1650. The van der Waals surface area contributed by atoms with E-state index in [0.29, 0.717) is 11.4 Å². The summed E-state index contributed by atoms with van der Waals surface area (Å²) in [7, 11) is 7.98. The van der Waals surface area contributed by atoms with E-state index >= 15 is 0 Å². The van der Waals surface area contributed by atoms with E-state index < -0.39 is 0 Å². The van der Waals surface area contributed by atoms with Gasteiger partial charge in [0.2, 0.25) is 0 Å². The molecule has 1 aromatic carbocycles. The average molecular weight is 567 g/mol. The summed E-state index contributed by atoms with van der Waals surface area (Å²) in [5.41, 5.74) is 8.73. The van der Waals surface area contributed by atoms with Gasteiger partial charge in [0.1, 0.15) is 11.4 Å². The van der Waals surface area contributed by atoms with Crippen LogP contribution >= 0.6 is 0 Å². The van der Waals surface area contributed by atoms with Crippen molar-refractivity contribution in [2.75, 3.05) is 51.2 Å². The zero-order chi connectivity index (χ0) is 30.1. The molecule has 0 spiro atoms. The van der Waals surface area contributed by atoms with Crippen molar-refractivity contribution in [3.63, 3.8) is 0 Å². The van der Waals surface area contributed by atoms with Gasteiger partial charge in [-0.15, -0.1) is 0 Å². The number of ether oxygens (including phenoxy) is 2. The van der Waals surface area contributed by atoms with E-state index in [4.69, 9.17) is 9.47 Å². The van der Waals surface area contributed by atoms with Crippen LogP contribution in [0.5, 0.6) is 0 Å². The lowest BCUT2D eigenvalue weighted by atomic mass is 9.85. The summed E-state index contributed by atoms with van der Waals surface area (Å²) in [4.78, 5) is 30.5. The molecule has 0 bridgehead atoms. The molecule has 0 aliphatic rings. The normalized spacial score (nSPS) is 11.3. The Kier molecular flexibility index (Phi) is 7.98. The molecule has 4 heterocycles. The number of carbonyl (C=O) groups excluding carboxylic acids is 2. The van der Waals surface area contributed by atoms with Crippen LogP contribution in [0.2, 0.25) is 0 Å². The Balaban J connectivity index is 1.88. The molecule has 0 saturated carbocycles. The van der Waals surface area contributed by atoms with Gasteiger partial charge in [-0.2, -0.15) is 0 Å². The highest BCUT2D eigenvalue weighted by Crippen LogP contribution is 2.41. The molecule has 8 nitrogen and oxygen atoms in total. The minimum absolute atomic E-state index is 0.277. The molecule has 0 unspecified atom stereocenters. The van der Waals surface area contributed by atoms with Crippen LogP contribution in [0.15, 0.2) is 73.1 Å². The quantitative estimate of drug-likeness (QED) is 0.199. The van der Waals surface area contributed by atoms with E-state index in [-0.39, 0.29) is 31.1 Å². The number of hydrogen-bond donors (Lipinski definition) is 0. The van der Waals surface area contributed by atoms with Gasteiger partial charge in [0.05, 0.1) is 24.2 Å². The molecule has 0 amide bonds. The number of rotatable bonds is 9. The molecule has 0 N–H and O–H groups in total. The van der Waals surface area contributed by atoms with E-state index in [1.54, 1.807) is 13.8 Å². The van der Waals surface area contributed by atoms with Crippen LogP contribution < -0.4 is 9.80 Å². The van der Waals surface area contributed by atoms with Crippen LogP contribution in [0.3, 0.4) is 0 Å². The highest BCUT2D eigenvalue weighted by Gasteiger charge is 2.29. The molecule has 0 aliphatic carbocycles. The number of carbonyl (C=O) groups is 2. The summed E-state index contributed by atoms with van der Waals surface area (Å²) in [6.07, 6.45) is 3.83. The summed E-state index contributed by atoms with van der Waals surface area (Å²) in [5.74, 6) is -1.08. The van der Waals surface area contributed by atoms with Gasteiger partial charge in [-0.1, -0.05) is 29.8 Å². The maximum absolute atomic E-state index is 13.2. The van der Waals surface area contributed by atoms with Gasteiger partial charge < -0.3 is 28.1 Å². The number of esters is 2. The summed E-state index contributed by atoms with van der Waals surface area (Å²) in [5, 5.41) is 0. The maximum atomic E-state index is 13.2. The second-order valence-corrected chi connectivity index (χ2v) is 10.8. The van der Waals surface area contributed by atoms with Crippen molar-refractivity contribution in [3.05, 3.63) is 107 Å². The first-order valence-electron chi connectivity index (χ1n) is 14.2. The predicted octanol–water partition coefficient (Wildman–Crippen LogP) is 6.17. The van der Waals surface area contributed by atoms with E-state index in [1.165, 1.54) is 0 Å². The highest BCUT2D eigenvalue weighted by atomic mass is 16.5. The van der Waals surface area contributed by atoms with Gasteiger partial charge in [0, 0.05) is 57.9 Å². The van der Waals surface area contributed by atoms with Crippen LogP contribution in [0.25, 0.3) is 11.0 Å². The van der Waals surface area contributed by atoms with Gasteiger partial charge >= 0.3 is 11.9 Å². The van der Waals surface area contributed by atoms with Gasteiger partial charge in [-0.05, 0) is 73.9 Å². The van der Waals surface area contributed by atoms with Crippen molar-refractivity contribution in [2.24, 2.45) is 0 Å². The summed E-state index contributed by atoms with van der Waals surface area (Å²) < 4.78 is 14.7. The molecule has 218 valence electrons. The molecule has 0 aliphatic heterocycles. The molecule has 5 aromatic rings. The van der Waals surface area contributed by atoms with Crippen molar-refractivity contribution in [2.45, 2.75) is 26.7 Å². The molecule has 5 rings (SSSR count). The van der Waals surface area contributed by atoms with Crippen molar-refractivity contribution in [3.8, 4) is 0 Å². The van der Waals surface area contributed by atoms with Crippen molar-refractivity contribution in [1.29, 1.82) is 0 Å². The number of anilines is 2. The van der Waals surface area contributed by atoms with E-state index in [2.05, 4.69) is 43.3 Å². The second-order valence-electron chi connectivity index (χ2n) is 10.8. The van der Waals surface area contributed by atoms with Crippen LogP contribution in [-0.4, -0.2) is 62.1 Å². The largest absolute Gasteiger partial charge is 0.461 e. The highest BCUT2D eigenvalue weighted by molar-refractivity contribution is 5.93. The third kappa shape index (κ3) is 5.20. The molecule has 8 heteroatoms. The fourth-order valence-corrected chi connectivity index (χ4v) is 5.45. The van der Waals surface area contributed by atoms with Gasteiger partial charge in [-0.25, -0.2) is 9.59 Å². The smallest absolute Gasteiger partial charge is 0.355 e. The van der Waals surface area contributed by atoms with Crippen molar-refractivity contribution >= 4 is 34.3 Å². The predicted molar refractivity (Wildman–Crippen MR) is 167 cm³/mol. The minimum atomic E-state index is -0.386. The standard InChI is InChI=1S/C34H38N4O4/c1-8-41-33(39)30-20-26(28-18-24(35(4)5)14-16-37(28)30)32(23-12-10-22(3)11-13-23)27-21-31(34(40)42-9-2)38-17-15-25(36(6)7)19-29(27)38/h10-21,32H,8-9H2,1-7H3. The van der Waals surface area contributed by atoms with Crippen LogP contribution in [0.4, 0.5) is 11.4 Å². The Hall–Kier alpha value is -4.72. The zero-order valence-electron chi connectivity index (χ0n) is 25.3. The number of benzene rings is 1. The Labute approximate surface area is 246 Å². The lowest BCUT2D eigenvalue weighted by Crippen LogP contribution is -2.11. The average Bonchev–Trinajstić information content (AvgIpc) is 3.53. The topological polar surface area (TPSA) is 67.9 Å². The first-order valence-corrected chi connectivity index (χ1v) is 14.2. The van der Waals surface area contributed by atoms with Crippen molar-refractivity contribution in [1.82, 2.24) is 8.80 Å². The number of pyridine rings is 2. The first-order chi connectivity index (χ1) is 20.1. The van der Waals surface area contributed by atoms with Gasteiger partial charge in [-0.3, -0.25) is 0 Å². The fourth-order valence-electron chi connectivity index (χ4n) is 5.45. The minimum Gasteiger partial charge on any atom is -0.461 e. The third-order valence-corrected chi connectivity index (χ3v) is 7.61. The summed E-state index contributed by atoms with van der Waals surface area (Å²) >= 11 is 0. The molecular weight excluding hydrogens is 528 g/mol. The number of nitrogens with zero attached hydrogens (tertiary/aromatic N) is 4. The van der Waals surface area contributed by atoms with Crippen LogP contribution in [-0.2, 0) is 9.47 Å². The summed E-state index contributed by atoms with van der Waals surface area (Å²) in [6.45, 7) is 6.23. The van der Waals surface area contributed by atoms with E-state index in [1.807, 2.05) is 83.5 Å². The zero-order valence-corrected chi connectivity index (χ0v) is 25.3. The monoisotopic (exact) mass is 566 g/mol. The number of aryl methyl sites for hydroxylation is 1. The lowest BCUT2D eigenvalue weighted by Gasteiger charge is -2.20. The first kappa shape index (κ1) is 28.8. The van der Waals surface area contributed by atoms with Gasteiger partial charge in [0.15, 0.2) is 0 Å². The Morgan fingerprint density at radius 3 is 1.50 bits per heavy atom. The molecule has 42 heavy (non-hydrogen) atoms. The van der Waals surface area contributed by atoms with E-state index in [0.717, 1.165) is 44.7 Å². The SMILES string of the molecule is CCOC(=O)c1cc(C(c2ccc(C)cc2)c2cc(C(=O)OCC)n3ccc(N(C)C)cc23)c2cc(N(C)C)ccn12. The fraction of sp³-hybridized carbons (Fsp3) is 0.294. The molecule has 0 fully saturated rings. The molecular formula is C34H38N4O4. The summed E-state index contributed by atoms with van der Waals surface area (Å²) in [6, 6.07) is 20.4. The maximum Gasteiger partial charge on any atom is 0.355 e. The lowest BCUT2D eigenvalue weighted by molar-refractivity contribution is 0.0509. The number of hydrogen-bond acceptors (Lipinski definition) is 6. The Morgan fingerprint density at radius 2 is 1.12 bits per heavy atom. The number of aromatic nitrogens is 2. The number of fused-ring (bicyclic) bond motifs is 2. The molecule has 0 saturated heterocycles. The molecule has 0 radical (unpaired) electrons. The van der Waals surface area contributed by atoms with Crippen LogP contribution in [0.1, 0.15) is 63.0 Å². The van der Waals surface area contributed by atoms with Crippen LogP contribution in [0, 0.1) is 6.92 Å². The van der Waals surface area contributed by atoms with Gasteiger partial charge in [0.25, 0.3) is 0 Å².